The number of aromatic nitrogens is 2. The monoisotopic (exact) mass is 291 g/mol. The van der Waals surface area contributed by atoms with Crippen LogP contribution in [0.4, 0.5) is 5.13 Å². The molecule has 0 unspecified atom stereocenters. The minimum absolute atomic E-state index is 0.834. The number of thiophene rings is 1. The lowest BCUT2D eigenvalue weighted by Crippen LogP contribution is -1.94. The van der Waals surface area contributed by atoms with Gasteiger partial charge in [-0.2, -0.15) is 0 Å². The highest BCUT2D eigenvalue weighted by atomic mass is 35.5. The van der Waals surface area contributed by atoms with Crippen molar-refractivity contribution in [1.82, 2.24) is 10.2 Å². The predicted octanol–water partition coefficient (Wildman–Crippen LogP) is 3.98. The van der Waals surface area contributed by atoms with E-state index >= 15 is 0 Å². The van der Waals surface area contributed by atoms with Crippen molar-refractivity contribution in [2.75, 3.05) is 11.9 Å². The highest BCUT2D eigenvalue weighted by Crippen LogP contribution is 2.31. The van der Waals surface area contributed by atoms with Gasteiger partial charge in [0.15, 0.2) is 4.34 Å². The topological polar surface area (TPSA) is 37.8 Å². The second-order valence-corrected chi connectivity index (χ2v) is 6.90. The number of nitrogens with zero attached hydrogens (tertiary/aromatic N) is 2. The summed E-state index contributed by atoms with van der Waals surface area (Å²) in [6.45, 7) is 2.92. The molecule has 7 heteroatoms. The van der Waals surface area contributed by atoms with Crippen molar-refractivity contribution >= 4 is 51.2 Å². The predicted molar refractivity (Wildman–Crippen MR) is 73.0 cm³/mol. The molecular formula is C9H10ClN3S3. The number of rotatable bonds is 5. The molecule has 2 aromatic heterocycles. The molecule has 0 fully saturated rings. The van der Waals surface area contributed by atoms with Crippen LogP contribution in [-0.2, 0) is 5.75 Å². The molecule has 0 aliphatic carbocycles. The molecule has 0 aliphatic rings. The number of halogens is 1. The first-order valence-corrected chi connectivity index (χ1v) is 7.72. The third-order valence-corrected chi connectivity index (χ3v) is 5.18. The van der Waals surface area contributed by atoms with E-state index in [-0.39, 0.29) is 0 Å². The van der Waals surface area contributed by atoms with E-state index in [1.54, 1.807) is 34.4 Å². The smallest absolute Gasteiger partial charge is 0.206 e. The van der Waals surface area contributed by atoms with Crippen LogP contribution in [0, 0.1) is 0 Å². The number of hydrogen-bond donors (Lipinski definition) is 1. The lowest BCUT2D eigenvalue weighted by molar-refractivity contribution is 1.00. The van der Waals surface area contributed by atoms with Crippen LogP contribution in [0.3, 0.4) is 0 Å². The summed E-state index contributed by atoms with van der Waals surface area (Å²) in [5.41, 5.74) is 0. The molecule has 0 saturated carbocycles. The molecule has 0 amide bonds. The van der Waals surface area contributed by atoms with Gasteiger partial charge in [-0.15, -0.1) is 21.5 Å². The zero-order valence-corrected chi connectivity index (χ0v) is 11.8. The maximum Gasteiger partial charge on any atom is 0.206 e. The molecule has 0 aromatic carbocycles. The Morgan fingerprint density at radius 2 is 2.25 bits per heavy atom. The molecule has 86 valence electrons. The number of nitrogens with one attached hydrogen (secondary N) is 1. The average Bonchev–Trinajstić information content (AvgIpc) is 2.85. The molecule has 0 bridgehead atoms. The lowest BCUT2D eigenvalue weighted by atomic mass is 10.5. The molecule has 16 heavy (non-hydrogen) atoms. The van der Waals surface area contributed by atoms with Crippen molar-refractivity contribution in [3.8, 4) is 0 Å². The molecular weight excluding hydrogens is 282 g/mol. The lowest BCUT2D eigenvalue weighted by Gasteiger charge is -1.93. The summed E-state index contributed by atoms with van der Waals surface area (Å²) in [5, 5.41) is 12.2. The van der Waals surface area contributed by atoms with Crippen LogP contribution < -0.4 is 5.32 Å². The van der Waals surface area contributed by atoms with Gasteiger partial charge in [0.05, 0.1) is 4.34 Å². The molecule has 2 aromatic rings. The Kier molecular flexibility index (Phi) is 4.45. The first kappa shape index (κ1) is 12.2. The van der Waals surface area contributed by atoms with Crippen LogP contribution in [0.15, 0.2) is 16.5 Å². The van der Waals surface area contributed by atoms with Crippen LogP contribution in [0.1, 0.15) is 11.8 Å². The molecule has 2 rings (SSSR count). The summed E-state index contributed by atoms with van der Waals surface area (Å²) in [6, 6.07) is 3.97. The van der Waals surface area contributed by atoms with Gasteiger partial charge in [0.2, 0.25) is 5.13 Å². The van der Waals surface area contributed by atoms with Gasteiger partial charge in [0.1, 0.15) is 0 Å². The van der Waals surface area contributed by atoms with Crippen molar-refractivity contribution in [2.45, 2.75) is 17.0 Å². The fourth-order valence-electron chi connectivity index (χ4n) is 1.05. The molecule has 0 atom stereocenters. The zero-order valence-electron chi connectivity index (χ0n) is 8.57. The van der Waals surface area contributed by atoms with Crippen molar-refractivity contribution in [1.29, 1.82) is 0 Å². The third kappa shape index (κ3) is 3.35. The molecule has 1 N–H and O–H groups in total. The summed E-state index contributed by atoms with van der Waals surface area (Å²) in [5.74, 6) is 0.901. The fourth-order valence-corrected chi connectivity index (χ4v) is 4.00. The van der Waals surface area contributed by atoms with Gasteiger partial charge in [-0.25, -0.2) is 0 Å². The second kappa shape index (κ2) is 5.86. The molecule has 2 heterocycles. The Labute approximate surface area is 111 Å². The Hall–Kier alpha value is -0.300. The van der Waals surface area contributed by atoms with E-state index in [2.05, 4.69) is 15.5 Å². The first-order chi connectivity index (χ1) is 7.78. The van der Waals surface area contributed by atoms with E-state index in [0.717, 1.165) is 26.1 Å². The second-order valence-electron chi connectivity index (χ2n) is 2.90. The van der Waals surface area contributed by atoms with E-state index in [9.17, 15) is 0 Å². The Morgan fingerprint density at radius 3 is 2.94 bits per heavy atom. The minimum Gasteiger partial charge on any atom is -0.360 e. The molecule has 0 spiro atoms. The summed E-state index contributed by atoms with van der Waals surface area (Å²) < 4.78 is 1.82. The van der Waals surface area contributed by atoms with Gasteiger partial charge in [0.25, 0.3) is 0 Å². The summed E-state index contributed by atoms with van der Waals surface area (Å²) in [4.78, 5) is 1.26. The fraction of sp³-hybridized carbons (Fsp3) is 0.333. The molecule has 0 radical (unpaired) electrons. The quantitative estimate of drug-likeness (QED) is 0.846. The Balaban J connectivity index is 1.89. The van der Waals surface area contributed by atoms with Gasteiger partial charge in [-0.1, -0.05) is 34.7 Å². The van der Waals surface area contributed by atoms with Crippen molar-refractivity contribution in [2.24, 2.45) is 0 Å². The Bertz CT molecular complexity index is 454. The van der Waals surface area contributed by atoms with Crippen LogP contribution in [0.5, 0.6) is 0 Å². The molecule has 0 saturated heterocycles. The summed E-state index contributed by atoms with van der Waals surface area (Å²) >= 11 is 10.7. The van der Waals surface area contributed by atoms with Crippen molar-refractivity contribution in [3.05, 3.63) is 21.3 Å². The van der Waals surface area contributed by atoms with E-state index in [1.807, 2.05) is 19.1 Å². The number of anilines is 1. The van der Waals surface area contributed by atoms with Crippen LogP contribution in [-0.4, -0.2) is 16.7 Å². The number of hydrogen-bond acceptors (Lipinski definition) is 6. The van der Waals surface area contributed by atoms with Gasteiger partial charge in [-0.05, 0) is 19.1 Å². The minimum atomic E-state index is 0.834. The van der Waals surface area contributed by atoms with E-state index < -0.39 is 0 Å². The van der Waals surface area contributed by atoms with Gasteiger partial charge in [0, 0.05) is 17.2 Å². The van der Waals surface area contributed by atoms with Gasteiger partial charge < -0.3 is 5.32 Å². The SMILES string of the molecule is CCNc1nnc(SCc2ccc(Cl)s2)s1. The van der Waals surface area contributed by atoms with Crippen LogP contribution in [0.2, 0.25) is 4.34 Å². The first-order valence-electron chi connectivity index (χ1n) is 4.72. The van der Waals surface area contributed by atoms with Crippen molar-refractivity contribution < 1.29 is 0 Å². The van der Waals surface area contributed by atoms with Crippen molar-refractivity contribution in [3.63, 3.8) is 0 Å². The highest BCUT2D eigenvalue weighted by Gasteiger charge is 2.05. The van der Waals surface area contributed by atoms with E-state index in [0.29, 0.717) is 0 Å². The summed E-state index contributed by atoms with van der Waals surface area (Å²) in [6.07, 6.45) is 0. The summed E-state index contributed by atoms with van der Waals surface area (Å²) in [7, 11) is 0. The number of thioether (sulfide) groups is 1. The largest absolute Gasteiger partial charge is 0.360 e. The standard InChI is InChI=1S/C9H10ClN3S3/c1-2-11-8-12-13-9(16-8)14-5-6-3-4-7(10)15-6/h3-4H,2,5H2,1H3,(H,11,12). The zero-order chi connectivity index (χ0) is 11.4. The van der Waals surface area contributed by atoms with E-state index in [1.165, 1.54) is 4.88 Å². The van der Waals surface area contributed by atoms with Crippen LogP contribution >= 0.6 is 46.0 Å². The normalized spacial score (nSPS) is 10.6. The van der Waals surface area contributed by atoms with Gasteiger partial charge >= 0.3 is 0 Å². The molecule has 0 aliphatic heterocycles. The average molecular weight is 292 g/mol. The third-order valence-electron chi connectivity index (χ3n) is 1.70. The Morgan fingerprint density at radius 1 is 1.38 bits per heavy atom. The maximum absolute atomic E-state index is 5.86. The highest BCUT2D eigenvalue weighted by molar-refractivity contribution is 8.00. The maximum atomic E-state index is 5.86. The van der Waals surface area contributed by atoms with Gasteiger partial charge in [-0.3, -0.25) is 0 Å². The molecule has 3 nitrogen and oxygen atoms in total. The van der Waals surface area contributed by atoms with E-state index in [4.69, 9.17) is 11.6 Å². The van der Waals surface area contributed by atoms with Crippen LogP contribution in [0.25, 0.3) is 0 Å².